The van der Waals surface area contributed by atoms with Crippen molar-refractivity contribution < 1.29 is 9.53 Å². The van der Waals surface area contributed by atoms with E-state index < -0.39 is 0 Å². The zero-order valence-corrected chi connectivity index (χ0v) is 14.4. The Labute approximate surface area is 139 Å². The molecule has 3 aliphatic rings. The summed E-state index contributed by atoms with van der Waals surface area (Å²) in [6.07, 6.45) is 5.36. The van der Waals surface area contributed by atoms with Gasteiger partial charge in [0, 0.05) is 17.6 Å². The largest absolute Gasteiger partial charge is 0.488 e. The van der Waals surface area contributed by atoms with Crippen LogP contribution in [0.2, 0.25) is 0 Å². The fourth-order valence-electron chi connectivity index (χ4n) is 3.85. The van der Waals surface area contributed by atoms with Crippen LogP contribution in [-0.4, -0.2) is 37.0 Å². The van der Waals surface area contributed by atoms with E-state index in [0.717, 1.165) is 66.7 Å². The Morgan fingerprint density at radius 1 is 1.32 bits per heavy atom. The normalized spacial score (nSPS) is 24.0. The molecule has 0 atom stereocenters. The monoisotopic (exact) mass is 364 g/mol. The molecule has 2 aliphatic heterocycles. The molecule has 0 unspecified atom stereocenters. The third-order valence-corrected chi connectivity index (χ3v) is 5.88. The van der Waals surface area contributed by atoms with E-state index in [1.54, 1.807) is 0 Å². The fourth-order valence-corrected chi connectivity index (χ4v) is 4.28. The highest BCUT2D eigenvalue weighted by Crippen LogP contribution is 2.54. The molecule has 0 aromatic heterocycles. The summed E-state index contributed by atoms with van der Waals surface area (Å²) < 4.78 is 7.26. The summed E-state index contributed by atoms with van der Waals surface area (Å²) in [5.41, 5.74) is 1.75. The highest BCUT2D eigenvalue weighted by molar-refractivity contribution is 9.10. The molecule has 1 amide bonds. The molecule has 0 bridgehead atoms. The second-order valence-corrected chi connectivity index (χ2v) is 7.75. The SMILES string of the molecule is CN1CCC(Oc2cc(Br)cc3c2NC(=O)C32CCC2)CC1. The van der Waals surface area contributed by atoms with Crippen LogP contribution < -0.4 is 10.1 Å². The lowest BCUT2D eigenvalue weighted by molar-refractivity contribution is -0.123. The molecule has 118 valence electrons. The molecule has 2 fully saturated rings. The van der Waals surface area contributed by atoms with E-state index in [9.17, 15) is 4.79 Å². The molecule has 5 heteroatoms. The summed E-state index contributed by atoms with van der Waals surface area (Å²) >= 11 is 3.59. The van der Waals surface area contributed by atoms with Crippen LogP contribution in [-0.2, 0) is 10.2 Å². The van der Waals surface area contributed by atoms with Crippen LogP contribution in [0.15, 0.2) is 16.6 Å². The Morgan fingerprint density at radius 2 is 2.05 bits per heavy atom. The van der Waals surface area contributed by atoms with Gasteiger partial charge in [-0.3, -0.25) is 4.79 Å². The van der Waals surface area contributed by atoms with E-state index in [4.69, 9.17) is 4.74 Å². The van der Waals surface area contributed by atoms with Crippen molar-refractivity contribution in [2.45, 2.75) is 43.6 Å². The van der Waals surface area contributed by atoms with Gasteiger partial charge in [-0.1, -0.05) is 22.4 Å². The molecule has 22 heavy (non-hydrogen) atoms. The number of nitrogens with zero attached hydrogens (tertiary/aromatic N) is 1. The molecule has 0 radical (unpaired) electrons. The molecule has 1 aromatic carbocycles. The minimum Gasteiger partial charge on any atom is -0.488 e. The van der Waals surface area contributed by atoms with Gasteiger partial charge < -0.3 is 15.0 Å². The highest BCUT2D eigenvalue weighted by Gasteiger charge is 2.52. The van der Waals surface area contributed by atoms with E-state index in [1.165, 1.54) is 0 Å². The lowest BCUT2D eigenvalue weighted by Crippen LogP contribution is -2.40. The molecule has 1 aliphatic carbocycles. The number of piperidine rings is 1. The third-order valence-electron chi connectivity index (χ3n) is 5.42. The van der Waals surface area contributed by atoms with Gasteiger partial charge in [0.15, 0.2) is 0 Å². The van der Waals surface area contributed by atoms with Crippen LogP contribution in [0.4, 0.5) is 5.69 Å². The first kappa shape index (κ1) is 14.5. The van der Waals surface area contributed by atoms with Crippen molar-refractivity contribution in [3.05, 3.63) is 22.2 Å². The van der Waals surface area contributed by atoms with Crippen molar-refractivity contribution in [3.8, 4) is 5.75 Å². The maximum Gasteiger partial charge on any atom is 0.235 e. The Kier molecular flexibility index (Phi) is 3.46. The second-order valence-electron chi connectivity index (χ2n) is 6.84. The fraction of sp³-hybridized carbons (Fsp3) is 0.588. The quantitative estimate of drug-likeness (QED) is 0.875. The molecule has 1 saturated carbocycles. The minimum absolute atomic E-state index is 0.153. The lowest BCUT2D eigenvalue weighted by atomic mass is 9.65. The van der Waals surface area contributed by atoms with E-state index in [2.05, 4.69) is 39.3 Å². The van der Waals surface area contributed by atoms with Gasteiger partial charge in [-0.15, -0.1) is 0 Å². The Morgan fingerprint density at radius 3 is 2.68 bits per heavy atom. The van der Waals surface area contributed by atoms with Gasteiger partial charge in [-0.25, -0.2) is 0 Å². The number of carbonyl (C=O) groups excluding carboxylic acids is 1. The smallest absolute Gasteiger partial charge is 0.235 e. The average molecular weight is 365 g/mol. The summed E-state index contributed by atoms with van der Waals surface area (Å²) in [6, 6.07) is 4.09. The molecular weight excluding hydrogens is 344 g/mol. The summed E-state index contributed by atoms with van der Waals surface area (Å²) in [5, 5.41) is 3.09. The first-order valence-electron chi connectivity index (χ1n) is 8.09. The number of rotatable bonds is 2. The standard InChI is InChI=1S/C17H21BrN2O2/c1-20-7-3-12(4-8-20)22-14-10-11(18)9-13-15(14)19-16(21)17(13)5-2-6-17/h9-10,12H,2-8H2,1H3,(H,19,21). The molecule has 1 aromatic rings. The van der Waals surface area contributed by atoms with E-state index >= 15 is 0 Å². The van der Waals surface area contributed by atoms with Gasteiger partial charge in [-0.05, 0) is 50.4 Å². The number of hydrogen-bond acceptors (Lipinski definition) is 3. The highest BCUT2D eigenvalue weighted by atomic mass is 79.9. The zero-order valence-electron chi connectivity index (χ0n) is 12.8. The summed E-state index contributed by atoms with van der Waals surface area (Å²) in [6.45, 7) is 2.13. The molecule has 1 saturated heterocycles. The number of carbonyl (C=O) groups is 1. The van der Waals surface area contributed by atoms with Gasteiger partial charge in [-0.2, -0.15) is 0 Å². The number of likely N-dealkylation sites (tertiary alicyclic amines) is 1. The van der Waals surface area contributed by atoms with Crippen LogP contribution in [0.25, 0.3) is 0 Å². The van der Waals surface area contributed by atoms with Crippen LogP contribution in [0.3, 0.4) is 0 Å². The maximum absolute atomic E-state index is 12.4. The molecule has 4 nitrogen and oxygen atoms in total. The van der Waals surface area contributed by atoms with Crippen molar-refractivity contribution in [3.63, 3.8) is 0 Å². The van der Waals surface area contributed by atoms with Crippen molar-refractivity contribution >= 4 is 27.5 Å². The maximum atomic E-state index is 12.4. The number of hydrogen-bond donors (Lipinski definition) is 1. The van der Waals surface area contributed by atoms with Gasteiger partial charge in [0.2, 0.25) is 5.91 Å². The molecule has 4 rings (SSSR count). The number of fused-ring (bicyclic) bond motifs is 2. The molecule has 1 spiro atoms. The summed E-state index contributed by atoms with van der Waals surface area (Å²) in [5.74, 6) is 0.983. The first-order chi connectivity index (χ1) is 10.6. The number of nitrogens with one attached hydrogen (secondary N) is 1. The second kappa shape index (κ2) is 5.24. The number of amides is 1. The predicted molar refractivity (Wildman–Crippen MR) is 89.4 cm³/mol. The summed E-state index contributed by atoms with van der Waals surface area (Å²) in [7, 11) is 2.15. The minimum atomic E-state index is -0.288. The van der Waals surface area contributed by atoms with Crippen molar-refractivity contribution in [1.82, 2.24) is 4.90 Å². The Balaban J connectivity index is 1.64. The summed E-state index contributed by atoms with van der Waals surface area (Å²) in [4.78, 5) is 14.8. The Bertz CT molecular complexity index is 619. The number of halogens is 1. The van der Waals surface area contributed by atoms with Crippen LogP contribution >= 0.6 is 15.9 Å². The van der Waals surface area contributed by atoms with Gasteiger partial charge >= 0.3 is 0 Å². The van der Waals surface area contributed by atoms with Gasteiger partial charge in [0.05, 0.1) is 11.1 Å². The molecule has 2 heterocycles. The van der Waals surface area contributed by atoms with E-state index in [0.29, 0.717) is 0 Å². The van der Waals surface area contributed by atoms with Gasteiger partial charge in [0.1, 0.15) is 11.9 Å². The average Bonchev–Trinajstić information content (AvgIpc) is 2.73. The number of benzene rings is 1. The number of anilines is 1. The van der Waals surface area contributed by atoms with Crippen molar-refractivity contribution in [1.29, 1.82) is 0 Å². The van der Waals surface area contributed by atoms with Crippen LogP contribution in [0.1, 0.15) is 37.7 Å². The predicted octanol–water partition coefficient (Wildman–Crippen LogP) is 3.30. The van der Waals surface area contributed by atoms with Gasteiger partial charge in [0.25, 0.3) is 0 Å². The van der Waals surface area contributed by atoms with Crippen LogP contribution in [0.5, 0.6) is 5.75 Å². The zero-order chi connectivity index (χ0) is 15.3. The topological polar surface area (TPSA) is 41.6 Å². The molecular formula is C17H21BrN2O2. The number of ether oxygens (including phenoxy) is 1. The first-order valence-corrected chi connectivity index (χ1v) is 8.88. The van der Waals surface area contributed by atoms with E-state index in [1.807, 2.05) is 6.07 Å². The Hall–Kier alpha value is -1.07. The van der Waals surface area contributed by atoms with Crippen molar-refractivity contribution in [2.75, 3.05) is 25.5 Å². The lowest BCUT2D eigenvalue weighted by Gasteiger charge is -2.36. The third kappa shape index (κ3) is 2.17. The van der Waals surface area contributed by atoms with E-state index in [-0.39, 0.29) is 17.4 Å². The van der Waals surface area contributed by atoms with Crippen molar-refractivity contribution in [2.24, 2.45) is 0 Å². The van der Waals surface area contributed by atoms with Crippen LogP contribution in [0, 0.1) is 0 Å². The molecule has 1 N–H and O–H groups in total.